The van der Waals surface area contributed by atoms with Crippen molar-refractivity contribution < 1.29 is 9.84 Å². The molecule has 3 aromatic rings. The Morgan fingerprint density at radius 2 is 2.00 bits per heavy atom. The van der Waals surface area contributed by atoms with Gasteiger partial charge in [0.15, 0.2) is 0 Å². The molecule has 1 unspecified atom stereocenters. The number of nitrogens with zero attached hydrogens (tertiary/aromatic N) is 2. The van der Waals surface area contributed by atoms with Crippen LogP contribution in [-0.4, -0.2) is 34.8 Å². The Balaban J connectivity index is 2.10. The van der Waals surface area contributed by atoms with E-state index >= 15 is 0 Å². The van der Waals surface area contributed by atoms with Crippen LogP contribution in [-0.2, 0) is 0 Å². The summed E-state index contributed by atoms with van der Waals surface area (Å²) in [5.74, 6) is 1.27. The molecule has 0 saturated carbocycles. The number of methoxy groups -OCH3 is 1. The molecule has 124 valence electrons. The third-order valence-electron chi connectivity index (χ3n) is 3.99. The highest BCUT2D eigenvalue weighted by Crippen LogP contribution is 2.35. The highest BCUT2D eigenvalue weighted by atomic mass is 16.5. The summed E-state index contributed by atoms with van der Waals surface area (Å²) in [5.41, 5.74) is 4.14. The zero-order valence-corrected chi connectivity index (χ0v) is 14.1. The number of hydrogen-bond donors (Lipinski definition) is 2. The maximum Gasteiger partial charge on any atom is 0.223 e. The second-order valence-corrected chi connectivity index (χ2v) is 5.85. The van der Waals surface area contributed by atoms with Gasteiger partial charge in [0.25, 0.3) is 0 Å². The van der Waals surface area contributed by atoms with Crippen molar-refractivity contribution in [3.05, 3.63) is 48.2 Å². The average molecular weight is 323 g/mol. The third-order valence-corrected chi connectivity index (χ3v) is 3.99. The molecule has 2 N–H and O–H groups in total. The molecule has 1 aromatic heterocycles. The summed E-state index contributed by atoms with van der Waals surface area (Å²) >= 11 is 0. The number of aliphatic hydroxyl groups excluding tert-OH is 1. The van der Waals surface area contributed by atoms with Gasteiger partial charge < -0.3 is 15.2 Å². The van der Waals surface area contributed by atoms with Crippen LogP contribution in [0.25, 0.3) is 22.0 Å². The largest absolute Gasteiger partial charge is 0.496 e. The molecule has 0 saturated heterocycles. The van der Waals surface area contributed by atoms with Gasteiger partial charge in [0.05, 0.1) is 19.2 Å². The first kappa shape index (κ1) is 16.2. The summed E-state index contributed by atoms with van der Waals surface area (Å²) in [6.45, 7) is 3.98. The highest BCUT2D eigenvalue weighted by Gasteiger charge is 2.12. The number of rotatable bonds is 5. The maximum absolute atomic E-state index is 9.14. The molecule has 1 heterocycles. The van der Waals surface area contributed by atoms with Crippen molar-refractivity contribution in [2.75, 3.05) is 19.0 Å². The Kier molecular flexibility index (Phi) is 4.62. The van der Waals surface area contributed by atoms with E-state index in [0.29, 0.717) is 5.95 Å². The molecule has 5 nitrogen and oxygen atoms in total. The van der Waals surface area contributed by atoms with Gasteiger partial charge in [-0.2, -0.15) is 0 Å². The monoisotopic (exact) mass is 323 g/mol. The Morgan fingerprint density at radius 1 is 1.21 bits per heavy atom. The zero-order chi connectivity index (χ0) is 17.1. The predicted octanol–water partition coefficient (Wildman–Crippen LogP) is 3.41. The molecular weight excluding hydrogens is 302 g/mol. The van der Waals surface area contributed by atoms with E-state index in [9.17, 15) is 0 Å². The number of ether oxygens (including phenoxy) is 1. The molecule has 1 atom stereocenters. The summed E-state index contributed by atoms with van der Waals surface area (Å²) in [6, 6.07) is 12.1. The number of nitrogens with one attached hydrogen (secondary N) is 1. The summed E-state index contributed by atoms with van der Waals surface area (Å²) in [4.78, 5) is 8.85. The van der Waals surface area contributed by atoms with Crippen LogP contribution in [0.1, 0.15) is 12.5 Å². The second-order valence-electron chi connectivity index (χ2n) is 5.85. The van der Waals surface area contributed by atoms with Crippen LogP contribution in [0.4, 0.5) is 5.95 Å². The summed E-state index contributed by atoms with van der Waals surface area (Å²) in [5, 5.41) is 13.1. The number of anilines is 1. The highest BCUT2D eigenvalue weighted by molar-refractivity contribution is 5.89. The lowest BCUT2D eigenvalue weighted by Crippen LogP contribution is -2.20. The number of aryl methyl sites for hydroxylation is 1. The molecule has 2 aromatic carbocycles. The van der Waals surface area contributed by atoms with Gasteiger partial charge in [-0.15, -0.1) is 0 Å². The fraction of sp³-hybridized carbons (Fsp3) is 0.263. The first-order valence-electron chi connectivity index (χ1n) is 7.90. The van der Waals surface area contributed by atoms with Crippen molar-refractivity contribution in [1.29, 1.82) is 0 Å². The van der Waals surface area contributed by atoms with Crippen LogP contribution < -0.4 is 10.1 Å². The SMILES string of the molecule is COc1cc2nc(NC(C)CO)ncc2cc1-c1ccccc1C. The Labute approximate surface area is 141 Å². The van der Waals surface area contributed by atoms with Crippen LogP contribution >= 0.6 is 0 Å². The summed E-state index contributed by atoms with van der Waals surface area (Å²) < 4.78 is 5.58. The molecule has 0 bridgehead atoms. The second kappa shape index (κ2) is 6.84. The maximum atomic E-state index is 9.14. The van der Waals surface area contributed by atoms with Crippen LogP contribution in [0.5, 0.6) is 5.75 Å². The van der Waals surface area contributed by atoms with Crippen LogP contribution in [0.2, 0.25) is 0 Å². The Hall–Kier alpha value is -2.66. The quantitative estimate of drug-likeness (QED) is 0.753. The van der Waals surface area contributed by atoms with E-state index in [2.05, 4.69) is 40.4 Å². The van der Waals surface area contributed by atoms with Gasteiger partial charge in [-0.3, -0.25) is 0 Å². The van der Waals surface area contributed by atoms with Gasteiger partial charge in [-0.1, -0.05) is 24.3 Å². The van der Waals surface area contributed by atoms with E-state index < -0.39 is 0 Å². The lowest BCUT2D eigenvalue weighted by molar-refractivity contribution is 0.281. The molecule has 0 spiro atoms. The molecule has 0 fully saturated rings. The smallest absolute Gasteiger partial charge is 0.223 e. The van der Waals surface area contributed by atoms with Crippen molar-refractivity contribution in [1.82, 2.24) is 9.97 Å². The molecule has 0 radical (unpaired) electrons. The summed E-state index contributed by atoms with van der Waals surface area (Å²) in [7, 11) is 1.66. The minimum atomic E-state index is -0.101. The lowest BCUT2D eigenvalue weighted by Gasteiger charge is -2.14. The van der Waals surface area contributed by atoms with E-state index in [1.807, 2.05) is 25.1 Å². The topological polar surface area (TPSA) is 67.3 Å². The first-order valence-corrected chi connectivity index (χ1v) is 7.90. The van der Waals surface area contributed by atoms with Crippen molar-refractivity contribution in [3.8, 4) is 16.9 Å². The van der Waals surface area contributed by atoms with Gasteiger partial charge in [-0.25, -0.2) is 9.97 Å². The number of fused-ring (bicyclic) bond motifs is 1. The van der Waals surface area contributed by atoms with Gasteiger partial charge in [0, 0.05) is 29.3 Å². The van der Waals surface area contributed by atoms with E-state index in [4.69, 9.17) is 9.84 Å². The van der Waals surface area contributed by atoms with Crippen LogP contribution in [0.15, 0.2) is 42.6 Å². The molecule has 0 amide bonds. The average Bonchev–Trinajstić information content (AvgIpc) is 2.61. The minimum absolute atomic E-state index is 0.0247. The molecule has 24 heavy (non-hydrogen) atoms. The Morgan fingerprint density at radius 3 is 2.71 bits per heavy atom. The number of aromatic nitrogens is 2. The summed E-state index contributed by atoms with van der Waals surface area (Å²) in [6.07, 6.45) is 1.79. The number of aliphatic hydroxyl groups is 1. The third kappa shape index (κ3) is 3.16. The van der Waals surface area contributed by atoms with Gasteiger partial charge >= 0.3 is 0 Å². The molecular formula is C19H21N3O2. The minimum Gasteiger partial charge on any atom is -0.496 e. The van der Waals surface area contributed by atoms with Gasteiger partial charge in [-0.05, 0) is 31.0 Å². The Bertz CT molecular complexity index is 864. The fourth-order valence-electron chi connectivity index (χ4n) is 2.65. The van der Waals surface area contributed by atoms with Crippen molar-refractivity contribution >= 4 is 16.9 Å². The molecule has 3 rings (SSSR count). The van der Waals surface area contributed by atoms with Crippen LogP contribution in [0, 0.1) is 6.92 Å². The van der Waals surface area contributed by atoms with Crippen molar-refractivity contribution in [2.45, 2.75) is 19.9 Å². The van der Waals surface area contributed by atoms with E-state index in [0.717, 1.165) is 27.8 Å². The molecule has 0 aliphatic rings. The van der Waals surface area contributed by atoms with Crippen molar-refractivity contribution in [2.24, 2.45) is 0 Å². The number of benzene rings is 2. The van der Waals surface area contributed by atoms with E-state index in [-0.39, 0.29) is 12.6 Å². The van der Waals surface area contributed by atoms with Crippen LogP contribution in [0.3, 0.4) is 0 Å². The first-order chi connectivity index (χ1) is 11.6. The van der Waals surface area contributed by atoms with Gasteiger partial charge in [0.2, 0.25) is 5.95 Å². The standard InChI is InChI=1S/C19H21N3O2/c1-12-6-4-5-7-15(12)16-8-14-10-20-19(21-13(2)11-23)22-17(14)9-18(16)24-3/h4-10,13,23H,11H2,1-3H3,(H,20,21,22). The predicted molar refractivity (Wildman–Crippen MR) is 96.4 cm³/mol. The normalized spacial score (nSPS) is 12.2. The molecule has 5 heteroatoms. The zero-order valence-electron chi connectivity index (χ0n) is 14.1. The van der Waals surface area contributed by atoms with E-state index in [1.165, 1.54) is 5.56 Å². The van der Waals surface area contributed by atoms with Crippen molar-refractivity contribution in [3.63, 3.8) is 0 Å². The fourth-order valence-corrected chi connectivity index (χ4v) is 2.65. The van der Waals surface area contributed by atoms with Gasteiger partial charge in [0.1, 0.15) is 5.75 Å². The molecule has 0 aliphatic heterocycles. The number of hydrogen-bond acceptors (Lipinski definition) is 5. The molecule has 0 aliphatic carbocycles. The lowest BCUT2D eigenvalue weighted by atomic mass is 9.98. The van der Waals surface area contributed by atoms with E-state index in [1.54, 1.807) is 13.3 Å².